The van der Waals surface area contributed by atoms with Gasteiger partial charge in [-0.3, -0.25) is 4.79 Å². The monoisotopic (exact) mass is 727 g/mol. The van der Waals surface area contributed by atoms with Crippen LogP contribution in [0.2, 0.25) is 0 Å². The number of hydrogen-bond donors (Lipinski definition) is 6. The lowest BCUT2D eigenvalue weighted by atomic mass is 9.93. The van der Waals surface area contributed by atoms with Crippen LogP contribution in [0.5, 0.6) is 23.0 Å². The van der Waals surface area contributed by atoms with Crippen LogP contribution in [0.4, 0.5) is 5.69 Å². The van der Waals surface area contributed by atoms with Crippen LogP contribution in [-0.2, 0) is 31.3 Å². The van der Waals surface area contributed by atoms with Crippen molar-refractivity contribution in [2.45, 2.75) is 64.9 Å². The van der Waals surface area contributed by atoms with Crippen molar-refractivity contribution in [2.24, 2.45) is 5.16 Å². The fraction of sp³-hybridized carbons (Fsp3) is 0.350. The highest BCUT2D eigenvalue weighted by molar-refractivity contribution is 6.03. The average Bonchev–Trinajstić information content (AvgIpc) is 3.69. The maximum absolute atomic E-state index is 12.7. The van der Waals surface area contributed by atoms with Gasteiger partial charge < -0.3 is 54.8 Å². The first kappa shape index (κ1) is 37.4. The minimum absolute atomic E-state index is 0.155. The Hall–Kier alpha value is -5.34. The van der Waals surface area contributed by atoms with E-state index in [1.54, 1.807) is 32.4 Å². The Bertz CT molecular complexity index is 1930. The van der Waals surface area contributed by atoms with Gasteiger partial charge in [-0.1, -0.05) is 22.9 Å². The Kier molecular flexibility index (Phi) is 12.0. The molecular weight excluding hydrogens is 682 g/mol. The molecule has 2 heterocycles. The summed E-state index contributed by atoms with van der Waals surface area (Å²) in [7, 11) is 3.10. The number of carbonyl (C=O) groups excluding carboxylic acids is 1. The van der Waals surface area contributed by atoms with E-state index in [4.69, 9.17) is 23.8 Å². The van der Waals surface area contributed by atoms with Crippen LogP contribution in [0.15, 0.2) is 65.8 Å². The summed E-state index contributed by atoms with van der Waals surface area (Å²) in [6, 6.07) is 18.4. The lowest BCUT2D eigenvalue weighted by Crippen LogP contribution is -2.38. The van der Waals surface area contributed by atoms with Crippen molar-refractivity contribution < 1.29 is 49.0 Å². The molecule has 0 saturated heterocycles. The summed E-state index contributed by atoms with van der Waals surface area (Å²) in [6.07, 6.45) is 0.876. The number of oxime groups is 1. The van der Waals surface area contributed by atoms with E-state index >= 15 is 0 Å². The average molecular weight is 728 g/mol. The van der Waals surface area contributed by atoms with E-state index < -0.39 is 12.3 Å². The summed E-state index contributed by atoms with van der Waals surface area (Å²) in [5.74, 6) is 1.80. The lowest BCUT2D eigenvalue weighted by molar-refractivity contribution is 0.0853. The predicted molar refractivity (Wildman–Crippen MR) is 196 cm³/mol. The molecule has 0 fully saturated rings. The Labute approximate surface area is 307 Å². The summed E-state index contributed by atoms with van der Waals surface area (Å²) in [5.41, 5.74) is 7.46. The quantitative estimate of drug-likeness (QED) is 0.0861. The second kappa shape index (κ2) is 17.0. The van der Waals surface area contributed by atoms with Crippen molar-refractivity contribution in [3.05, 3.63) is 111 Å². The van der Waals surface area contributed by atoms with Gasteiger partial charge in [0.15, 0.2) is 17.6 Å². The molecule has 53 heavy (non-hydrogen) atoms. The van der Waals surface area contributed by atoms with Gasteiger partial charge in [-0.2, -0.15) is 0 Å². The van der Waals surface area contributed by atoms with Gasteiger partial charge in [-0.15, -0.1) is 0 Å². The van der Waals surface area contributed by atoms with Gasteiger partial charge in [0.05, 0.1) is 65.1 Å². The Morgan fingerprint density at radius 2 is 1.42 bits per heavy atom. The second-order valence-corrected chi connectivity index (χ2v) is 12.9. The molecule has 0 radical (unpaired) electrons. The number of ether oxygens (including phenoxy) is 4. The summed E-state index contributed by atoms with van der Waals surface area (Å²) in [5, 5.41) is 50.1. The molecule has 0 spiro atoms. The third kappa shape index (κ3) is 8.18. The molecule has 0 bridgehead atoms. The molecule has 4 aromatic rings. The number of benzene rings is 4. The van der Waals surface area contributed by atoms with E-state index in [1.807, 2.05) is 49.4 Å². The molecule has 1 amide bonds. The van der Waals surface area contributed by atoms with Crippen molar-refractivity contribution in [3.63, 3.8) is 0 Å². The molecule has 2 unspecified atom stereocenters. The van der Waals surface area contributed by atoms with Gasteiger partial charge in [0.2, 0.25) is 5.75 Å². The minimum atomic E-state index is -0.450. The number of anilines is 1. The van der Waals surface area contributed by atoms with Crippen LogP contribution in [0.1, 0.15) is 86.4 Å². The standard InChI is InChI=1S/C40H45N3O10/c1-23-6-8-32-30(12-23)40(48)42-39(41-32)24-7-9-34(29(13-24)21-46)51-10-4-5-11-52-38-36(49-2)16-25(17-37(38)50-3)33-18-35(53-43-33)26-14-27(19-44)31(22-47)28(15-26)20-45/h6-9,12-17,35,39,41,44-47H,4-5,10-11,18-22H2,1-3H3,(H,42,48). The van der Waals surface area contributed by atoms with Crippen LogP contribution < -0.4 is 29.6 Å². The number of aliphatic hydroxyl groups is 4. The number of unbranched alkanes of at least 4 members (excludes halogenated alkanes) is 1. The number of aliphatic hydroxyl groups excluding tert-OH is 4. The number of amides is 1. The molecule has 0 aliphatic carbocycles. The number of carbonyl (C=O) groups is 1. The molecule has 4 aromatic carbocycles. The Morgan fingerprint density at radius 1 is 0.755 bits per heavy atom. The molecular formula is C40H45N3O10. The van der Waals surface area contributed by atoms with Gasteiger partial charge in [-0.25, -0.2) is 0 Å². The first-order valence-corrected chi connectivity index (χ1v) is 17.4. The molecule has 0 aromatic heterocycles. The molecule has 0 saturated carbocycles. The van der Waals surface area contributed by atoms with Crippen LogP contribution >= 0.6 is 0 Å². The Morgan fingerprint density at radius 3 is 2.06 bits per heavy atom. The van der Waals surface area contributed by atoms with E-state index in [1.165, 1.54) is 0 Å². The van der Waals surface area contributed by atoms with Gasteiger partial charge in [0, 0.05) is 23.2 Å². The van der Waals surface area contributed by atoms with E-state index in [0.717, 1.165) is 27.9 Å². The predicted octanol–water partition coefficient (Wildman–Crippen LogP) is 4.94. The molecule has 2 aliphatic heterocycles. The second-order valence-electron chi connectivity index (χ2n) is 12.9. The molecule has 13 heteroatoms. The van der Waals surface area contributed by atoms with E-state index in [0.29, 0.717) is 89.0 Å². The molecule has 6 N–H and O–H groups in total. The Balaban J connectivity index is 1.03. The largest absolute Gasteiger partial charge is 0.493 e. The molecule has 280 valence electrons. The summed E-state index contributed by atoms with van der Waals surface area (Å²) < 4.78 is 23.5. The first-order chi connectivity index (χ1) is 25.8. The van der Waals surface area contributed by atoms with Crippen LogP contribution in [-0.4, -0.2) is 59.5 Å². The van der Waals surface area contributed by atoms with Crippen molar-refractivity contribution in [1.29, 1.82) is 0 Å². The minimum Gasteiger partial charge on any atom is -0.493 e. The number of methoxy groups -OCH3 is 2. The maximum atomic E-state index is 12.7. The van der Waals surface area contributed by atoms with Gasteiger partial charge >= 0.3 is 0 Å². The smallest absolute Gasteiger partial charge is 0.255 e. The maximum Gasteiger partial charge on any atom is 0.255 e. The van der Waals surface area contributed by atoms with Crippen molar-refractivity contribution >= 4 is 17.3 Å². The SMILES string of the molecule is COc1cc(C2=NOC(c3cc(CO)c(CO)c(CO)c3)C2)cc(OC)c1OCCCCOc1ccc(C2NC(=O)c3cc(C)ccc3N2)cc1CO. The zero-order valence-corrected chi connectivity index (χ0v) is 30.0. The highest BCUT2D eigenvalue weighted by atomic mass is 16.6. The highest BCUT2D eigenvalue weighted by Crippen LogP contribution is 2.41. The van der Waals surface area contributed by atoms with Crippen molar-refractivity contribution in [2.75, 3.05) is 32.8 Å². The van der Waals surface area contributed by atoms with Crippen molar-refractivity contribution in [3.8, 4) is 23.0 Å². The lowest BCUT2D eigenvalue weighted by Gasteiger charge is -2.29. The van der Waals surface area contributed by atoms with E-state index in [-0.39, 0.29) is 32.3 Å². The normalized spacial score (nSPS) is 16.2. The molecule has 2 atom stereocenters. The van der Waals surface area contributed by atoms with Crippen molar-refractivity contribution in [1.82, 2.24) is 5.32 Å². The van der Waals surface area contributed by atoms with E-state index in [2.05, 4.69) is 15.8 Å². The summed E-state index contributed by atoms with van der Waals surface area (Å²) >= 11 is 0. The zero-order valence-electron chi connectivity index (χ0n) is 30.0. The highest BCUT2D eigenvalue weighted by Gasteiger charge is 2.28. The van der Waals surface area contributed by atoms with Crippen LogP contribution in [0.25, 0.3) is 0 Å². The topological polar surface area (TPSA) is 181 Å². The number of aryl methyl sites for hydroxylation is 1. The number of hydrogen-bond acceptors (Lipinski definition) is 12. The van der Waals surface area contributed by atoms with Gasteiger partial charge in [0.25, 0.3) is 5.91 Å². The number of rotatable bonds is 16. The fourth-order valence-corrected chi connectivity index (χ4v) is 6.55. The van der Waals surface area contributed by atoms with Gasteiger partial charge in [-0.05, 0) is 96.1 Å². The zero-order chi connectivity index (χ0) is 37.5. The summed E-state index contributed by atoms with van der Waals surface area (Å²) in [4.78, 5) is 18.5. The molecule has 6 rings (SSSR count). The molecule has 13 nitrogen and oxygen atoms in total. The van der Waals surface area contributed by atoms with E-state index in [9.17, 15) is 25.2 Å². The van der Waals surface area contributed by atoms with Gasteiger partial charge in [0.1, 0.15) is 11.9 Å². The number of fused-ring (bicyclic) bond motifs is 1. The fourth-order valence-electron chi connectivity index (χ4n) is 6.55. The third-order valence-corrected chi connectivity index (χ3v) is 9.42. The number of nitrogens with zero attached hydrogens (tertiary/aromatic N) is 1. The third-order valence-electron chi connectivity index (χ3n) is 9.42. The number of nitrogens with one attached hydrogen (secondary N) is 2. The van der Waals surface area contributed by atoms with Crippen LogP contribution in [0, 0.1) is 6.92 Å². The first-order valence-electron chi connectivity index (χ1n) is 17.4. The summed E-state index contributed by atoms with van der Waals surface area (Å²) in [6.45, 7) is 1.64. The molecule has 2 aliphatic rings. The van der Waals surface area contributed by atoms with Crippen LogP contribution in [0.3, 0.4) is 0 Å².